The van der Waals surface area contributed by atoms with Crippen molar-refractivity contribution in [1.82, 2.24) is 4.98 Å². The van der Waals surface area contributed by atoms with Crippen molar-refractivity contribution < 1.29 is 44.0 Å². The molecule has 2 aromatic rings. The number of aromatic nitrogens is 1. The Kier molecular flexibility index (Phi) is 5.91. The Morgan fingerprint density at radius 1 is 1.04 bits per heavy atom. The average Bonchev–Trinajstić information content (AvgIpc) is 3.01. The van der Waals surface area contributed by atoms with Gasteiger partial charge in [0.05, 0.1) is 15.9 Å². The Balaban J connectivity index is 1.86. The lowest BCUT2D eigenvalue weighted by atomic mass is 9.85. The first kappa shape index (κ1) is 21.0. The number of aromatic amines is 1. The van der Waals surface area contributed by atoms with E-state index in [1.165, 1.54) is 6.20 Å². The Labute approximate surface area is 165 Å². The molecule has 150 valence electrons. The number of phosphoric ester groups is 1. The number of nitrogens with one attached hydrogen (secondary N) is 1. The highest BCUT2D eigenvalue weighted by Gasteiger charge is 2.51. The van der Waals surface area contributed by atoms with Crippen molar-refractivity contribution in [3.63, 3.8) is 0 Å². The first-order valence-corrected chi connectivity index (χ1v) is 10.3. The fourth-order valence-electron chi connectivity index (χ4n) is 2.82. The molecule has 1 aromatic carbocycles. The number of aliphatic hydroxyl groups is 5. The van der Waals surface area contributed by atoms with Crippen molar-refractivity contribution in [1.29, 1.82) is 0 Å². The summed E-state index contributed by atoms with van der Waals surface area (Å²) in [4.78, 5) is 12.8. The average molecular weight is 489 g/mol. The maximum absolute atomic E-state index is 12.4. The summed E-state index contributed by atoms with van der Waals surface area (Å²) < 4.78 is 22.6. The molecule has 0 radical (unpaired) electrons. The second-order valence-corrected chi connectivity index (χ2v) is 8.58. The third-order valence-corrected chi connectivity index (χ3v) is 6.46. The van der Waals surface area contributed by atoms with E-state index < -0.39 is 44.4 Å². The topological polar surface area (TPSA) is 173 Å². The minimum absolute atomic E-state index is 0.136. The number of hydrogen-bond acceptors (Lipinski definition) is 8. The molecule has 13 heteroatoms. The van der Waals surface area contributed by atoms with E-state index in [0.29, 0.717) is 9.99 Å². The zero-order chi connectivity index (χ0) is 20.1. The molecule has 3 rings (SSSR count). The molecule has 10 nitrogen and oxygen atoms in total. The van der Waals surface area contributed by atoms with Crippen molar-refractivity contribution >= 4 is 46.3 Å². The first-order valence-electron chi connectivity index (χ1n) is 7.59. The van der Waals surface area contributed by atoms with E-state index in [-0.39, 0.29) is 16.2 Å². The maximum atomic E-state index is 12.4. The first-order chi connectivity index (χ1) is 12.5. The lowest BCUT2D eigenvalue weighted by molar-refractivity contribution is -0.219. The summed E-state index contributed by atoms with van der Waals surface area (Å²) in [5, 5.41) is 49.2. The summed E-state index contributed by atoms with van der Waals surface area (Å²) in [5.41, 5.74) is 0.505. The van der Waals surface area contributed by atoms with Gasteiger partial charge in [-0.15, -0.1) is 0 Å². The van der Waals surface area contributed by atoms with Crippen molar-refractivity contribution in [2.24, 2.45) is 0 Å². The number of phosphoric acid groups is 1. The summed E-state index contributed by atoms with van der Waals surface area (Å²) in [6.07, 6.45) is -10.2. The fourth-order valence-corrected chi connectivity index (χ4v) is 4.40. The van der Waals surface area contributed by atoms with Gasteiger partial charge in [0.25, 0.3) is 0 Å². The van der Waals surface area contributed by atoms with Crippen LogP contribution in [0.15, 0.2) is 22.8 Å². The van der Waals surface area contributed by atoms with Gasteiger partial charge < -0.3 is 35.0 Å². The molecule has 7 atom stereocenters. The molecule has 7 N–H and O–H groups in total. The summed E-state index contributed by atoms with van der Waals surface area (Å²) in [7, 11) is -4.95. The van der Waals surface area contributed by atoms with Gasteiger partial charge in [-0.05, 0) is 28.1 Å². The molecular formula is C14H16BrClNO9P. The van der Waals surface area contributed by atoms with Gasteiger partial charge in [-0.25, -0.2) is 4.57 Å². The highest BCUT2D eigenvalue weighted by Crippen LogP contribution is 2.50. The molecule has 0 spiro atoms. The zero-order valence-electron chi connectivity index (χ0n) is 13.3. The number of fused-ring (bicyclic) bond motifs is 1. The third-order valence-electron chi connectivity index (χ3n) is 4.24. The number of hydrogen-bond donors (Lipinski definition) is 7. The number of halogens is 2. The van der Waals surface area contributed by atoms with Crippen LogP contribution in [0.1, 0.15) is 0 Å². The van der Waals surface area contributed by atoms with E-state index in [0.717, 1.165) is 0 Å². The highest BCUT2D eigenvalue weighted by atomic mass is 79.9. The molecule has 0 aliphatic heterocycles. The van der Waals surface area contributed by atoms with Crippen LogP contribution in [0.2, 0.25) is 5.02 Å². The maximum Gasteiger partial charge on any atom is 0.527 e. The second kappa shape index (κ2) is 7.60. The van der Waals surface area contributed by atoms with Crippen molar-refractivity contribution in [3.8, 4) is 5.75 Å². The molecule has 27 heavy (non-hydrogen) atoms. The monoisotopic (exact) mass is 487 g/mol. The molecule has 1 aromatic heterocycles. The van der Waals surface area contributed by atoms with Crippen LogP contribution in [0.4, 0.5) is 0 Å². The number of H-pyrrole nitrogens is 1. The third kappa shape index (κ3) is 3.90. The predicted octanol–water partition coefficient (Wildman–Crippen LogP) is 0.266. The summed E-state index contributed by atoms with van der Waals surface area (Å²) >= 11 is 9.38. The van der Waals surface area contributed by atoms with Gasteiger partial charge in [0.1, 0.15) is 36.6 Å². The molecule has 1 aliphatic carbocycles. The Hall–Kier alpha value is -0.720. The van der Waals surface area contributed by atoms with Crippen LogP contribution in [0.25, 0.3) is 10.9 Å². The molecule has 0 bridgehead atoms. The number of benzene rings is 1. The van der Waals surface area contributed by atoms with E-state index in [9.17, 15) is 35.0 Å². The van der Waals surface area contributed by atoms with Crippen molar-refractivity contribution in [2.45, 2.75) is 36.6 Å². The Morgan fingerprint density at radius 3 is 2.19 bits per heavy atom. The van der Waals surface area contributed by atoms with Crippen molar-refractivity contribution in [3.05, 3.63) is 27.8 Å². The predicted molar refractivity (Wildman–Crippen MR) is 96.4 cm³/mol. The molecule has 1 fully saturated rings. The fraction of sp³-hybridized carbons (Fsp3) is 0.429. The lowest BCUT2D eigenvalue weighted by Crippen LogP contribution is -2.64. The minimum atomic E-state index is -4.95. The highest BCUT2D eigenvalue weighted by molar-refractivity contribution is 9.10. The lowest BCUT2D eigenvalue weighted by Gasteiger charge is -2.41. The molecule has 0 saturated heterocycles. The quantitative estimate of drug-likeness (QED) is 0.298. The van der Waals surface area contributed by atoms with E-state index in [2.05, 4.69) is 20.9 Å². The van der Waals surface area contributed by atoms with Gasteiger partial charge in [-0.2, -0.15) is 0 Å². The van der Waals surface area contributed by atoms with Gasteiger partial charge >= 0.3 is 7.82 Å². The van der Waals surface area contributed by atoms with E-state index >= 15 is 0 Å². The molecule has 1 saturated carbocycles. The summed E-state index contributed by atoms with van der Waals surface area (Å²) in [5.74, 6) is -0.136. The summed E-state index contributed by atoms with van der Waals surface area (Å²) in [6, 6.07) is 3.30. The minimum Gasteiger partial charge on any atom is -0.402 e. The van der Waals surface area contributed by atoms with Crippen LogP contribution in [0.3, 0.4) is 0 Å². The Bertz CT molecular complexity index is 879. The van der Waals surface area contributed by atoms with Gasteiger partial charge in [-0.1, -0.05) is 11.6 Å². The molecule has 3 unspecified atom stereocenters. The SMILES string of the molecule is O=P(O)(Oc1c[nH]c2ccc(Br)c(Cl)c12)OC1[C@@H](O)[C@H](O)C(O)[C@H](O)[C@@H]1O. The van der Waals surface area contributed by atoms with Gasteiger partial charge in [-0.3, -0.25) is 9.42 Å². The molecule has 0 amide bonds. The summed E-state index contributed by atoms with van der Waals surface area (Å²) in [6.45, 7) is 0. The van der Waals surface area contributed by atoms with E-state index in [4.69, 9.17) is 20.6 Å². The molecule has 1 heterocycles. The van der Waals surface area contributed by atoms with Crippen LogP contribution in [-0.4, -0.2) is 72.0 Å². The largest absolute Gasteiger partial charge is 0.527 e. The molecular weight excluding hydrogens is 472 g/mol. The van der Waals surface area contributed by atoms with Crippen LogP contribution < -0.4 is 4.52 Å². The number of rotatable bonds is 4. The second-order valence-electron chi connectivity index (χ2n) is 6.02. The normalized spacial score (nSPS) is 33.8. The van der Waals surface area contributed by atoms with Gasteiger partial charge in [0.15, 0.2) is 5.75 Å². The van der Waals surface area contributed by atoms with Gasteiger partial charge in [0.2, 0.25) is 0 Å². The zero-order valence-corrected chi connectivity index (χ0v) is 16.5. The number of aliphatic hydroxyl groups excluding tert-OH is 5. The standard InChI is InChI=1S/C14H16BrClNO9P/c15-4-1-2-5-7(8(4)16)6(3-17-5)25-27(23,24)26-14-12(21)10(19)9(18)11(20)13(14)22/h1-3,9-14,17-22H,(H,23,24)/t9?,10-,11+,12-,13-,14?/m0/s1. The van der Waals surface area contributed by atoms with Crippen LogP contribution in [-0.2, 0) is 9.09 Å². The van der Waals surface area contributed by atoms with Crippen LogP contribution in [0.5, 0.6) is 5.75 Å². The van der Waals surface area contributed by atoms with E-state index in [1.807, 2.05) is 0 Å². The van der Waals surface area contributed by atoms with Crippen molar-refractivity contribution in [2.75, 3.05) is 0 Å². The van der Waals surface area contributed by atoms with Crippen LogP contribution in [0, 0.1) is 0 Å². The Morgan fingerprint density at radius 2 is 1.59 bits per heavy atom. The van der Waals surface area contributed by atoms with E-state index in [1.54, 1.807) is 12.1 Å². The smallest absolute Gasteiger partial charge is 0.402 e. The van der Waals surface area contributed by atoms with Crippen LogP contribution >= 0.6 is 35.4 Å². The molecule has 1 aliphatic rings. The van der Waals surface area contributed by atoms with Gasteiger partial charge in [0, 0.05) is 10.7 Å².